The second-order valence-electron chi connectivity index (χ2n) is 32.0. The molecular weight excluding hydrogens is 1820 g/mol. The molecule has 0 aliphatic heterocycles. The molecule has 0 saturated carbocycles. The van der Waals surface area contributed by atoms with Gasteiger partial charge in [0.05, 0.1) is 72.4 Å². The number of hydrogen-bond donors (Lipinski definition) is 12. The number of halogens is 6. The first-order chi connectivity index (χ1) is 67.5. The minimum absolute atomic E-state index is 0.00469. The van der Waals surface area contributed by atoms with Gasteiger partial charge in [-0.1, -0.05) is 160 Å². The molecule has 141 heavy (non-hydrogen) atoms. The third-order valence-corrected chi connectivity index (χ3v) is 21.1. The number of phenolic OH excluding ortho intramolecular Hbond substituents is 8. The number of rotatable bonds is 19. The number of benzene rings is 14. The maximum atomic E-state index is 13.7. The van der Waals surface area contributed by atoms with Crippen molar-refractivity contribution in [3.63, 3.8) is 0 Å². The van der Waals surface area contributed by atoms with Gasteiger partial charge < -0.3 is 72.8 Å². The van der Waals surface area contributed by atoms with Gasteiger partial charge in [0.15, 0.2) is 69.9 Å². The summed E-state index contributed by atoms with van der Waals surface area (Å²) in [5.74, 6) is 0.357. The van der Waals surface area contributed by atoms with Gasteiger partial charge in [-0.2, -0.15) is 26.3 Å². The van der Waals surface area contributed by atoms with Crippen LogP contribution in [0.5, 0.6) is 69.0 Å². The van der Waals surface area contributed by atoms with Gasteiger partial charge in [-0.3, -0.25) is 14.4 Å². The molecule has 0 bridgehead atoms. The molecular formula is C106H80F6N16O13. The fraction of sp³-hybridized carbons (Fsp3) is 0.0660. The second-order valence-corrected chi connectivity index (χ2v) is 32.0. The normalized spacial score (nSPS) is 11.2. The lowest BCUT2D eigenvalue weighted by Crippen LogP contribution is -2.19. The number of hydrogen-bond acceptors (Lipinski definition) is 26. The maximum absolute atomic E-state index is 13.7. The van der Waals surface area contributed by atoms with Crippen molar-refractivity contribution >= 4 is 29.1 Å². The van der Waals surface area contributed by atoms with Gasteiger partial charge in [-0.05, 0) is 193 Å². The number of nitrogens with one attached hydrogen (secondary N) is 1. The molecule has 3 amide bonds. The summed E-state index contributed by atoms with van der Waals surface area (Å²) in [7, 11) is 0. The van der Waals surface area contributed by atoms with Gasteiger partial charge in [0.1, 0.15) is 69.0 Å². The molecule has 0 unspecified atom stereocenters. The number of nitrogen functional groups attached to an aromatic ring is 1. The van der Waals surface area contributed by atoms with Gasteiger partial charge in [0.25, 0.3) is 5.91 Å². The molecule has 14 aromatic carbocycles. The van der Waals surface area contributed by atoms with Crippen LogP contribution >= 0.6 is 0 Å². The Morgan fingerprint density at radius 3 is 0.887 bits per heavy atom. The summed E-state index contributed by atoms with van der Waals surface area (Å²) in [6.45, 7) is 6.28. The number of para-hydroxylation sites is 10. The third kappa shape index (κ3) is 22.8. The first-order valence-corrected chi connectivity index (χ1v) is 42.6. The zero-order chi connectivity index (χ0) is 100. The average molecular weight is 1900 g/mol. The number of aromatic hydroxyl groups is 8. The van der Waals surface area contributed by atoms with Crippen molar-refractivity contribution in [3.8, 4) is 206 Å². The maximum Gasteiger partial charge on any atom is 0.416 e. The van der Waals surface area contributed by atoms with Gasteiger partial charge in [0.2, 0.25) is 11.8 Å². The van der Waals surface area contributed by atoms with E-state index in [4.69, 9.17) is 36.6 Å². The molecule has 4 heterocycles. The Balaban J connectivity index is 0.000000143. The van der Waals surface area contributed by atoms with Crippen LogP contribution in [0, 0.1) is 0 Å². The van der Waals surface area contributed by atoms with Crippen LogP contribution in [-0.4, -0.2) is 118 Å². The van der Waals surface area contributed by atoms with Crippen LogP contribution in [-0.2, 0) is 22.6 Å². The number of primary amides is 2. The van der Waals surface area contributed by atoms with Crippen molar-refractivity contribution in [2.24, 2.45) is 11.5 Å². The average Bonchev–Trinajstić information content (AvgIpc) is 0.778. The van der Waals surface area contributed by atoms with Crippen molar-refractivity contribution in [3.05, 3.63) is 349 Å². The van der Waals surface area contributed by atoms with E-state index in [0.717, 1.165) is 31.2 Å². The molecule has 18 rings (SSSR count). The Hall–Kier alpha value is -19.1. The van der Waals surface area contributed by atoms with Crippen LogP contribution < -0.4 is 32.0 Å². The minimum atomic E-state index is -4.63. The van der Waals surface area contributed by atoms with E-state index in [9.17, 15) is 81.6 Å². The second kappa shape index (κ2) is 41.4. The summed E-state index contributed by atoms with van der Waals surface area (Å²) in [6.07, 6.45) is -9.14. The standard InChI is InChI=1S/C34H24N4O5.C26H22F3N3O2.C24H17F3N4O3.C22H17N5O3/c35-31(41)25-19-30(43-22-13-5-2-6-14-22)26(20-29(25)42-21-11-3-1-4-12-21)34-37-32(23-15-7-9-17-27(23)39)36-33(38-34)24-16-8-10-18-28(24)40;1-25(2,3)19-14-15(12-13-18(19)26(27,28)29)22-30-23(16-8-4-6-10-20(16)33)32-24(31-22)17-9-5-7-11-21(17)34;1-13(32)28-18-12-14(24(25,26)27)10-11-15(18)21-29-22(16-6-2-4-8-19(16)33)31-23(30-21)17-7-3-5-9-20(17)34;23-16-11-12(19(24)30)9-10-13(16)20-25-21(14-5-1-3-7-17(14)28)27-22(26-20)15-6-2-4-8-18(15)29/h1-20,39-40H,(H2,35,41);4-14,33-34H,1-3H3;2-12,33-34H,1H3,(H,28,32);1-11,28-29H,23H2,(H2,24,30). The zero-order valence-corrected chi connectivity index (χ0v) is 74.6. The lowest BCUT2D eigenvalue weighted by atomic mass is 9.82. The van der Waals surface area contributed by atoms with Crippen LogP contribution in [0.1, 0.15) is 65.1 Å². The smallest absolute Gasteiger partial charge is 0.416 e. The molecule has 0 saturated heterocycles. The van der Waals surface area contributed by atoms with E-state index in [1.54, 1.807) is 215 Å². The SMILES string of the molecule is CC(=O)Nc1cc(C(F)(F)F)ccc1-c1nc(-c2ccccc2O)nc(-c2ccccc2O)n1.CC(C)(C)c1cc(-c2nc(-c3ccccc3O)nc(-c3ccccc3O)n2)ccc1C(F)(F)F.NC(=O)c1cc(Oc2ccccc2)c(-c2nc(-c3ccccc3O)nc(-c3ccccc3O)n2)cc1Oc1ccccc1.NC(=O)c1ccc(-c2nc(-c3ccccc3O)nc(-c3ccccc3O)n2)c(N)c1. The monoisotopic (exact) mass is 1900 g/mol. The van der Waals surface area contributed by atoms with E-state index in [-0.39, 0.29) is 172 Å². The largest absolute Gasteiger partial charge is 0.507 e. The minimum Gasteiger partial charge on any atom is -0.507 e. The highest BCUT2D eigenvalue weighted by Crippen LogP contribution is 2.46. The topological polar surface area (TPSA) is 476 Å². The number of nitrogens with zero attached hydrogens (tertiary/aromatic N) is 12. The van der Waals surface area contributed by atoms with Crippen LogP contribution in [0.4, 0.5) is 37.7 Å². The fourth-order valence-corrected chi connectivity index (χ4v) is 14.3. The van der Waals surface area contributed by atoms with Crippen LogP contribution in [0.2, 0.25) is 0 Å². The number of ether oxygens (including phenoxy) is 2. The first-order valence-electron chi connectivity index (χ1n) is 42.6. The number of amides is 3. The van der Waals surface area contributed by atoms with E-state index in [2.05, 4.69) is 55.2 Å². The number of carbonyl (C=O) groups excluding carboxylic acids is 3. The van der Waals surface area contributed by atoms with Crippen molar-refractivity contribution < 1.29 is 91.1 Å². The van der Waals surface area contributed by atoms with Gasteiger partial charge in [-0.15, -0.1) is 0 Å². The fourth-order valence-electron chi connectivity index (χ4n) is 14.3. The highest BCUT2D eigenvalue weighted by molar-refractivity contribution is 5.98. The highest BCUT2D eigenvalue weighted by Gasteiger charge is 2.38. The third-order valence-electron chi connectivity index (χ3n) is 21.1. The lowest BCUT2D eigenvalue weighted by Gasteiger charge is -2.25. The van der Waals surface area contributed by atoms with Crippen LogP contribution in [0.3, 0.4) is 0 Å². The molecule has 29 nitrogen and oxygen atoms in total. The molecule has 0 atom stereocenters. The highest BCUT2D eigenvalue weighted by atomic mass is 19.4. The molecule has 704 valence electrons. The first kappa shape index (κ1) is 96.5. The quantitative estimate of drug-likeness (QED) is 0.0264. The Morgan fingerprint density at radius 2 is 0.589 bits per heavy atom. The van der Waals surface area contributed by atoms with E-state index < -0.39 is 46.6 Å². The summed E-state index contributed by atoms with van der Waals surface area (Å²) in [5.41, 5.74) is 19.2. The summed E-state index contributed by atoms with van der Waals surface area (Å²) < 4.78 is 93.2. The number of alkyl halides is 6. The number of carbonyl (C=O) groups is 3. The van der Waals surface area contributed by atoms with E-state index in [1.807, 2.05) is 24.3 Å². The number of aromatic nitrogens is 12. The zero-order valence-electron chi connectivity index (χ0n) is 74.6. The predicted molar refractivity (Wildman–Crippen MR) is 515 cm³/mol. The van der Waals surface area contributed by atoms with Crippen molar-refractivity contribution in [2.75, 3.05) is 11.1 Å². The Labute approximate surface area is 798 Å². The molecule has 0 aliphatic carbocycles. The van der Waals surface area contributed by atoms with Gasteiger partial charge >= 0.3 is 12.4 Å². The number of nitrogens with two attached hydrogens (primary N) is 3. The van der Waals surface area contributed by atoms with Crippen LogP contribution in [0.15, 0.2) is 322 Å². The number of phenols is 8. The molecule has 0 fully saturated rings. The predicted octanol–water partition coefficient (Wildman–Crippen LogP) is 21.8. The molecule has 0 spiro atoms. The molecule has 35 heteroatoms. The lowest BCUT2D eigenvalue weighted by molar-refractivity contribution is -0.139. The van der Waals surface area contributed by atoms with Crippen molar-refractivity contribution in [2.45, 2.75) is 45.5 Å². The summed E-state index contributed by atoms with van der Waals surface area (Å²) in [5, 5.41) is 85.5. The Bertz CT molecular complexity index is 7500. The summed E-state index contributed by atoms with van der Waals surface area (Å²) in [6, 6.07) is 84.0. The van der Waals surface area contributed by atoms with Crippen LogP contribution in [0.25, 0.3) is 137 Å². The summed E-state index contributed by atoms with van der Waals surface area (Å²) in [4.78, 5) is 89.5. The number of anilines is 2. The molecule has 0 radical (unpaired) electrons. The van der Waals surface area contributed by atoms with E-state index >= 15 is 0 Å². The molecule has 18 aromatic rings. The van der Waals surface area contributed by atoms with Crippen molar-refractivity contribution in [1.29, 1.82) is 0 Å². The molecule has 4 aromatic heterocycles. The molecule has 0 aliphatic rings. The van der Waals surface area contributed by atoms with E-state index in [0.29, 0.717) is 61.6 Å². The summed E-state index contributed by atoms with van der Waals surface area (Å²) >= 11 is 0. The Morgan fingerprint density at radius 1 is 0.291 bits per heavy atom. The van der Waals surface area contributed by atoms with Gasteiger partial charge in [-0.25, -0.2) is 59.8 Å². The van der Waals surface area contributed by atoms with Crippen molar-refractivity contribution in [1.82, 2.24) is 59.8 Å². The van der Waals surface area contributed by atoms with E-state index in [1.165, 1.54) is 78.9 Å². The van der Waals surface area contributed by atoms with Gasteiger partial charge in [0, 0.05) is 34.9 Å². The Kier molecular flexibility index (Phi) is 28.3. The molecule has 15 N–H and O–H groups in total.